The van der Waals surface area contributed by atoms with E-state index in [1.54, 1.807) is 11.3 Å². The molecule has 1 atom stereocenters. The maximum absolute atomic E-state index is 12.4. The normalized spacial score (nSPS) is 12.0. The molecule has 5 heteroatoms. The van der Waals surface area contributed by atoms with Crippen LogP contribution in [0.4, 0.5) is 5.69 Å². The van der Waals surface area contributed by atoms with Gasteiger partial charge in [0.15, 0.2) is 0 Å². The van der Waals surface area contributed by atoms with Crippen molar-refractivity contribution in [3.8, 4) is 0 Å². The number of nitrogens with zero attached hydrogens (tertiary/aromatic N) is 1. The molecule has 0 aliphatic heterocycles. The van der Waals surface area contributed by atoms with E-state index in [9.17, 15) is 4.21 Å². The lowest BCUT2D eigenvalue weighted by Gasteiger charge is -2.07. The molecule has 0 aliphatic carbocycles. The Balaban J connectivity index is 1.64. The number of rotatable bonds is 6. The second-order valence-electron chi connectivity index (χ2n) is 5.22. The lowest BCUT2D eigenvalue weighted by Crippen LogP contribution is -2.01. The summed E-state index contributed by atoms with van der Waals surface area (Å²) in [7, 11) is -1.02. The van der Waals surface area contributed by atoms with Gasteiger partial charge in [-0.15, -0.1) is 11.3 Å². The highest BCUT2D eigenvalue weighted by atomic mass is 32.2. The molecular formula is C18H18N2OS2. The molecule has 0 unspecified atom stereocenters. The Morgan fingerprint density at radius 2 is 1.96 bits per heavy atom. The zero-order chi connectivity index (χ0) is 16.1. The number of benzene rings is 2. The fourth-order valence-electron chi connectivity index (χ4n) is 2.24. The molecule has 0 bridgehead atoms. The van der Waals surface area contributed by atoms with E-state index in [4.69, 9.17) is 0 Å². The average molecular weight is 342 g/mol. The summed E-state index contributed by atoms with van der Waals surface area (Å²) in [6, 6.07) is 17.7. The van der Waals surface area contributed by atoms with Crippen molar-refractivity contribution in [1.29, 1.82) is 0 Å². The molecule has 0 aliphatic rings. The molecule has 0 saturated heterocycles. The molecule has 0 fully saturated rings. The van der Waals surface area contributed by atoms with Gasteiger partial charge in [0.2, 0.25) is 0 Å². The van der Waals surface area contributed by atoms with Crippen LogP contribution in [0.15, 0.2) is 65.7 Å². The summed E-state index contributed by atoms with van der Waals surface area (Å²) in [5.74, 6) is 0.524. The van der Waals surface area contributed by atoms with Crippen molar-refractivity contribution in [3.05, 3.63) is 76.2 Å². The first-order valence-electron chi connectivity index (χ1n) is 7.38. The van der Waals surface area contributed by atoms with E-state index in [-0.39, 0.29) is 0 Å². The predicted octanol–water partition coefficient (Wildman–Crippen LogP) is 4.37. The van der Waals surface area contributed by atoms with Crippen LogP contribution in [0.25, 0.3) is 0 Å². The van der Waals surface area contributed by atoms with E-state index in [1.807, 2.05) is 54.7 Å². The van der Waals surface area contributed by atoms with Gasteiger partial charge in [-0.1, -0.05) is 30.3 Å². The topological polar surface area (TPSA) is 42.0 Å². The lowest BCUT2D eigenvalue weighted by molar-refractivity contribution is 0.682. The second-order valence-corrected chi connectivity index (χ2v) is 7.99. The first kappa shape index (κ1) is 15.9. The van der Waals surface area contributed by atoms with Crippen molar-refractivity contribution in [2.75, 3.05) is 5.32 Å². The first-order chi connectivity index (χ1) is 11.2. The Bertz CT molecular complexity index is 800. The molecule has 0 spiro atoms. The quantitative estimate of drug-likeness (QED) is 0.723. The minimum Gasteiger partial charge on any atom is -0.379 e. The smallest absolute Gasteiger partial charge is 0.112 e. The van der Waals surface area contributed by atoms with Crippen LogP contribution in [0.3, 0.4) is 0 Å². The van der Waals surface area contributed by atoms with Gasteiger partial charge in [0.1, 0.15) is 5.01 Å². The molecule has 1 aromatic heterocycles. The Labute approximate surface area is 142 Å². The summed E-state index contributed by atoms with van der Waals surface area (Å²) in [6.45, 7) is 2.77. The molecule has 0 amide bonds. The molecular weight excluding hydrogens is 324 g/mol. The maximum atomic E-state index is 12.4. The summed E-state index contributed by atoms with van der Waals surface area (Å²) >= 11 is 1.70. The van der Waals surface area contributed by atoms with E-state index in [2.05, 4.69) is 23.3 Å². The molecule has 3 nitrogen and oxygen atoms in total. The van der Waals surface area contributed by atoms with Crippen LogP contribution in [-0.2, 0) is 23.1 Å². The Morgan fingerprint density at radius 1 is 1.13 bits per heavy atom. The van der Waals surface area contributed by atoms with Gasteiger partial charge in [-0.25, -0.2) is 4.98 Å². The van der Waals surface area contributed by atoms with Crippen LogP contribution in [-0.4, -0.2) is 9.19 Å². The number of anilines is 1. The highest BCUT2D eigenvalue weighted by Gasteiger charge is 2.05. The predicted molar refractivity (Wildman–Crippen MR) is 97.2 cm³/mol. The third kappa shape index (κ3) is 4.50. The number of aromatic nitrogens is 1. The molecule has 1 N–H and O–H groups in total. The number of nitrogens with one attached hydrogen (secondary N) is 1. The summed E-state index contributed by atoms with van der Waals surface area (Å²) in [5.41, 5.74) is 2.09. The van der Waals surface area contributed by atoms with E-state index < -0.39 is 10.8 Å². The van der Waals surface area contributed by atoms with Crippen molar-refractivity contribution in [2.45, 2.75) is 24.1 Å². The summed E-state index contributed by atoms with van der Waals surface area (Å²) in [5, 5.41) is 4.45. The summed E-state index contributed by atoms with van der Waals surface area (Å²) in [6.07, 6.45) is 1.89. The highest BCUT2D eigenvalue weighted by Crippen LogP contribution is 2.18. The molecule has 0 saturated carbocycles. The van der Waals surface area contributed by atoms with Crippen molar-refractivity contribution < 1.29 is 4.21 Å². The molecule has 23 heavy (non-hydrogen) atoms. The van der Waals surface area contributed by atoms with E-state index in [1.165, 1.54) is 4.88 Å². The highest BCUT2D eigenvalue weighted by molar-refractivity contribution is 7.84. The van der Waals surface area contributed by atoms with E-state index in [0.29, 0.717) is 12.3 Å². The zero-order valence-corrected chi connectivity index (χ0v) is 14.5. The number of hydrogen-bond acceptors (Lipinski definition) is 4. The van der Waals surface area contributed by atoms with Gasteiger partial charge in [-0.3, -0.25) is 4.21 Å². The molecule has 2 aromatic carbocycles. The van der Waals surface area contributed by atoms with Crippen LogP contribution < -0.4 is 5.32 Å². The van der Waals surface area contributed by atoms with Crippen LogP contribution in [0, 0.1) is 6.92 Å². The SMILES string of the molecule is Cc1cnc(CNc2cccc(C[S@](=O)c3ccccc3)c2)s1. The number of hydrogen-bond donors (Lipinski definition) is 1. The standard InChI is InChI=1S/C18H18N2OS2/c1-14-11-20-18(22-14)12-19-16-7-5-6-15(10-16)13-23(21)17-8-3-2-4-9-17/h2-11,19H,12-13H2,1H3/t23-/m0/s1. The van der Waals surface area contributed by atoms with Crippen LogP contribution >= 0.6 is 11.3 Å². The summed E-state index contributed by atoms with van der Waals surface area (Å²) < 4.78 is 12.4. The minimum atomic E-state index is -1.02. The fraction of sp³-hybridized carbons (Fsp3) is 0.167. The summed E-state index contributed by atoms with van der Waals surface area (Å²) in [4.78, 5) is 6.43. The van der Waals surface area contributed by atoms with Gasteiger partial charge in [0.25, 0.3) is 0 Å². The first-order valence-corrected chi connectivity index (χ1v) is 9.52. The van der Waals surface area contributed by atoms with Gasteiger partial charge in [0, 0.05) is 21.7 Å². The van der Waals surface area contributed by atoms with Crippen molar-refractivity contribution in [1.82, 2.24) is 4.98 Å². The van der Waals surface area contributed by atoms with Crippen LogP contribution in [0.1, 0.15) is 15.4 Å². The van der Waals surface area contributed by atoms with Gasteiger partial charge >= 0.3 is 0 Å². The van der Waals surface area contributed by atoms with Gasteiger partial charge in [-0.2, -0.15) is 0 Å². The van der Waals surface area contributed by atoms with Crippen LogP contribution in [0.5, 0.6) is 0 Å². The molecule has 3 aromatic rings. The maximum Gasteiger partial charge on any atom is 0.112 e. The van der Waals surface area contributed by atoms with Gasteiger partial charge in [-0.05, 0) is 36.8 Å². The molecule has 0 radical (unpaired) electrons. The third-order valence-electron chi connectivity index (χ3n) is 3.34. The third-order valence-corrected chi connectivity index (χ3v) is 5.65. The Kier molecular flexibility index (Phi) is 5.20. The average Bonchev–Trinajstić information content (AvgIpc) is 3.00. The largest absolute Gasteiger partial charge is 0.379 e. The Hall–Kier alpha value is -1.98. The minimum absolute atomic E-state index is 0.524. The van der Waals surface area contributed by atoms with Crippen molar-refractivity contribution in [2.24, 2.45) is 0 Å². The lowest BCUT2D eigenvalue weighted by atomic mass is 10.2. The van der Waals surface area contributed by atoms with Gasteiger partial charge in [0.05, 0.1) is 23.1 Å². The van der Waals surface area contributed by atoms with Gasteiger partial charge < -0.3 is 5.32 Å². The Morgan fingerprint density at radius 3 is 2.70 bits per heavy atom. The second kappa shape index (κ2) is 7.53. The molecule has 1 heterocycles. The number of thiazole rings is 1. The molecule has 118 valence electrons. The fourth-order valence-corrected chi connectivity index (χ4v) is 4.08. The zero-order valence-electron chi connectivity index (χ0n) is 12.9. The van der Waals surface area contributed by atoms with E-state index in [0.717, 1.165) is 21.2 Å². The van der Waals surface area contributed by atoms with Crippen molar-refractivity contribution in [3.63, 3.8) is 0 Å². The molecule has 3 rings (SSSR count). The van der Waals surface area contributed by atoms with Crippen molar-refractivity contribution >= 4 is 27.8 Å². The monoisotopic (exact) mass is 342 g/mol. The van der Waals surface area contributed by atoms with Crippen LogP contribution in [0.2, 0.25) is 0 Å². The van der Waals surface area contributed by atoms with E-state index >= 15 is 0 Å². The number of aryl methyl sites for hydroxylation is 1.